The molecule has 0 aliphatic heterocycles. The summed E-state index contributed by atoms with van der Waals surface area (Å²) < 4.78 is 35.6. The Balaban J connectivity index is 1.52. The topological polar surface area (TPSA) is 106 Å². The van der Waals surface area contributed by atoms with Gasteiger partial charge in [-0.25, -0.2) is 22.7 Å². The maximum absolute atomic E-state index is 13.5. The minimum Gasteiger partial charge on any atom is -0.360 e. The highest BCUT2D eigenvalue weighted by molar-refractivity contribution is 7.92. The molecule has 0 fully saturated rings. The molecule has 194 valence electrons. The first-order valence-corrected chi connectivity index (χ1v) is 17.0. The van der Waals surface area contributed by atoms with Gasteiger partial charge in [-0.3, -0.25) is 4.79 Å². The van der Waals surface area contributed by atoms with E-state index in [1.807, 2.05) is 41.9 Å². The van der Waals surface area contributed by atoms with Crippen LogP contribution in [0.2, 0.25) is 25.7 Å². The zero-order chi connectivity index (χ0) is 26.6. The van der Waals surface area contributed by atoms with Crippen LogP contribution in [0, 0.1) is 0 Å². The van der Waals surface area contributed by atoms with Crippen molar-refractivity contribution >= 4 is 46.5 Å². The van der Waals surface area contributed by atoms with E-state index in [4.69, 9.17) is 4.74 Å². The lowest BCUT2D eigenvalue weighted by molar-refractivity contribution is 0.101. The SMILES string of the molecule is Cn1c(C(=O)Nc2ccc(S(=O)(=O)N(COCC[Si](C)(C)C)c3ncccn3)cc2)cc2ccccc21. The summed E-state index contributed by atoms with van der Waals surface area (Å²) in [5.74, 6) is -0.256. The van der Waals surface area contributed by atoms with Gasteiger partial charge in [-0.1, -0.05) is 37.8 Å². The molecule has 2 aromatic carbocycles. The molecular formula is C26H31N5O4SSi. The molecule has 0 bridgehead atoms. The summed E-state index contributed by atoms with van der Waals surface area (Å²) in [6, 6.07) is 18.1. The van der Waals surface area contributed by atoms with Crippen LogP contribution in [0.25, 0.3) is 10.9 Å². The van der Waals surface area contributed by atoms with E-state index in [0.29, 0.717) is 18.0 Å². The number of sulfonamides is 1. The van der Waals surface area contributed by atoms with E-state index in [0.717, 1.165) is 21.3 Å². The fourth-order valence-electron chi connectivity index (χ4n) is 3.72. The predicted octanol–water partition coefficient (Wildman–Crippen LogP) is 4.73. The molecule has 0 aliphatic carbocycles. The van der Waals surface area contributed by atoms with Crippen LogP contribution >= 0.6 is 0 Å². The van der Waals surface area contributed by atoms with Crippen molar-refractivity contribution in [1.82, 2.24) is 14.5 Å². The molecular weight excluding hydrogens is 506 g/mol. The van der Waals surface area contributed by atoms with Gasteiger partial charge in [0.1, 0.15) is 12.4 Å². The third kappa shape index (κ3) is 6.24. The maximum Gasteiger partial charge on any atom is 0.272 e. The van der Waals surface area contributed by atoms with Gasteiger partial charge in [-0.2, -0.15) is 0 Å². The number of aryl methyl sites for hydroxylation is 1. The molecule has 4 aromatic rings. The molecule has 0 aliphatic rings. The first kappa shape index (κ1) is 26.5. The molecule has 9 nitrogen and oxygen atoms in total. The maximum atomic E-state index is 13.5. The number of benzene rings is 2. The highest BCUT2D eigenvalue weighted by atomic mass is 32.2. The van der Waals surface area contributed by atoms with Gasteiger partial charge in [0.15, 0.2) is 0 Å². The van der Waals surface area contributed by atoms with Crippen LogP contribution in [0.5, 0.6) is 0 Å². The summed E-state index contributed by atoms with van der Waals surface area (Å²) in [5.41, 5.74) is 1.92. The van der Waals surface area contributed by atoms with Gasteiger partial charge < -0.3 is 14.6 Å². The van der Waals surface area contributed by atoms with Gasteiger partial charge in [0.25, 0.3) is 15.9 Å². The van der Waals surface area contributed by atoms with Crippen molar-refractivity contribution in [2.45, 2.75) is 30.6 Å². The number of aromatic nitrogens is 3. The van der Waals surface area contributed by atoms with Crippen molar-refractivity contribution in [3.63, 3.8) is 0 Å². The second kappa shape index (κ2) is 10.8. The Morgan fingerprint density at radius 1 is 1.03 bits per heavy atom. The third-order valence-corrected chi connectivity index (χ3v) is 9.29. The van der Waals surface area contributed by atoms with Crippen molar-refractivity contribution in [3.8, 4) is 0 Å². The van der Waals surface area contributed by atoms with Gasteiger partial charge in [0, 0.05) is 50.7 Å². The number of rotatable bonds is 10. The second-order valence-electron chi connectivity index (χ2n) is 9.88. The fraction of sp³-hybridized carbons (Fsp3) is 0.269. The number of carbonyl (C=O) groups is 1. The van der Waals surface area contributed by atoms with E-state index in [-0.39, 0.29) is 23.5 Å². The summed E-state index contributed by atoms with van der Waals surface area (Å²) in [7, 11) is -3.52. The number of nitrogens with zero attached hydrogens (tertiary/aromatic N) is 4. The van der Waals surface area contributed by atoms with Crippen LogP contribution in [-0.4, -0.2) is 50.3 Å². The lowest BCUT2D eigenvalue weighted by Crippen LogP contribution is -2.35. The van der Waals surface area contributed by atoms with Crippen molar-refractivity contribution in [1.29, 1.82) is 0 Å². The van der Waals surface area contributed by atoms with Crippen LogP contribution in [0.3, 0.4) is 0 Å². The number of para-hydroxylation sites is 1. The Labute approximate surface area is 218 Å². The zero-order valence-corrected chi connectivity index (χ0v) is 23.2. The number of hydrogen-bond donors (Lipinski definition) is 1. The highest BCUT2D eigenvalue weighted by Gasteiger charge is 2.27. The summed E-state index contributed by atoms with van der Waals surface area (Å²) in [5, 5.41) is 3.81. The summed E-state index contributed by atoms with van der Waals surface area (Å²) in [6.45, 7) is 6.94. The van der Waals surface area contributed by atoms with Gasteiger partial charge >= 0.3 is 0 Å². The fourth-order valence-corrected chi connectivity index (χ4v) is 5.73. The summed E-state index contributed by atoms with van der Waals surface area (Å²) in [6.07, 6.45) is 2.97. The molecule has 1 N–H and O–H groups in total. The van der Waals surface area contributed by atoms with E-state index in [2.05, 4.69) is 34.9 Å². The lowest BCUT2D eigenvalue weighted by Gasteiger charge is -2.23. The number of ether oxygens (including phenoxy) is 1. The molecule has 0 spiro atoms. The molecule has 0 saturated heterocycles. The molecule has 0 radical (unpaired) electrons. The summed E-state index contributed by atoms with van der Waals surface area (Å²) >= 11 is 0. The Morgan fingerprint density at radius 2 is 1.70 bits per heavy atom. The molecule has 2 heterocycles. The van der Waals surface area contributed by atoms with E-state index in [1.165, 1.54) is 24.5 Å². The molecule has 37 heavy (non-hydrogen) atoms. The predicted molar refractivity (Wildman–Crippen MR) is 148 cm³/mol. The lowest BCUT2D eigenvalue weighted by atomic mass is 10.2. The van der Waals surface area contributed by atoms with Crippen LogP contribution < -0.4 is 9.62 Å². The first-order chi connectivity index (χ1) is 17.6. The van der Waals surface area contributed by atoms with E-state index < -0.39 is 18.1 Å². The zero-order valence-electron chi connectivity index (χ0n) is 21.4. The Morgan fingerprint density at radius 3 is 2.35 bits per heavy atom. The van der Waals surface area contributed by atoms with Gasteiger partial charge in [-0.05, 0) is 48.5 Å². The quantitative estimate of drug-likeness (QED) is 0.178. The van der Waals surface area contributed by atoms with Crippen molar-refractivity contribution in [2.24, 2.45) is 7.05 Å². The average molecular weight is 538 g/mol. The monoisotopic (exact) mass is 537 g/mol. The number of amides is 1. The van der Waals surface area contributed by atoms with Crippen LogP contribution in [0.1, 0.15) is 10.5 Å². The molecule has 0 atom stereocenters. The van der Waals surface area contributed by atoms with Gasteiger partial charge in [-0.15, -0.1) is 0 Å². The number of carbonyl (C=O) groups excluding carboxylic acids is 1. The van der Waals surface area contributed by atoms with Gasteiger partial charge in [0.2, 0.25) is 5.95 Å². The van der Waals surface area contributed by atoms with Gasteiger partial charge in [0.05, 0.1) is 4.90 Å². The van der Waals surface area contributed by atoms with Crippen molar-refractivity contribution in [2.75, 3.05) is 23.0 Å². The summed E-state index contributed by atoms with van der Waals surface area (Å²) in [4.78, 5) is 21.2. The smallest absolute Gasteiger partial charge is 0.272 e. The minimum absolute atomic E-state index is 0.0312. The molecule has 0 saturated carbocycles. The number of hydrogen-bond acceptors (Lipinski definition) is 6. The Bertz CT molecular complexity index is 1480. The van der Waals surface area contributed by atoms with Crippen LogP contribution in [0.4, 0.5) is 11.6 Å². The second-order valence-corrected chi connectivity index (χ2v) is 17.4. The largest absolute Gasteiger partial charge is 0.360 e. The average Bonchev–Trinajstić information content (AvgIpc) is 3.21. The van der Waals surface area contributed by atoms with Crippen LogP contribution in [0.15, 0.2) is 78.0 Å². The molecule has 0 unspecified atom stereocenters. The normalized spacial score (nSPS) is 12.0. The molecule has 11 heteroatoms. The molecule has 4 rings (SSSR count). The Kier molecular flexibility index (Phi) is 7.76. The minimum atomic E-state index is -4.01. The number of fused-ring (bicyclic) bond motifs is 1. The highest BCUT2D eigenvalue weighted by Crippen LogP contribution is 2.23. The van der Waals surface area contributed by atoms with E-state index >= 15 is 0 Å². The van der Waals surface area contributed by atoms with E-state index in [9.17, 15) is 13.2 Å². The van der Waals surface area contributed by atoms with E-state index in [1.54, 1.807) is 18.2 Å². The standard InChI is InChI=1S/C26H31N5O4SSi/c1-30-23-9-6-5-8-20(23)18-24(30)25(32)29-21-10-12-22(13-11-21)36(33,34)31(26-27-14-7-15-28-26)19-35-16-17-37(2,3)4/h5-15,18H,16-17,19H2,1-4H3,(H,29,32). The van der Waals surface area contributed by atoms with Crippen molar-refractivity contribution in [3.05, 3.63) is 78.8 Å². The first-order valence-electron chi connectivity index (χ1n) is 11.9. The third-order valence-electron chi connectivity index (χ3n) is 5.86. The Hall–Kier alpha value is -3.54. The molecule has 1 amide bonds. The van der Waals surface area contributed by atoms with Crippen molar-refractivity contribution < 1.29 is 17.9 Å². The molecule has 2 aromatic heterocycles. The number of nitrogens with one attached hydrogen (secondary N) is 1. The number of anilines is 2. The van der Waals surface area contributed by atoms with Crippen LogP contribution in [-0.2, 0) is 21.8 Å².